The fourth-order valence-corrected chi connectivity index (χ4v) is 4.08. The van der Waals surface area contributed by atoms with E-state index in [1.165, 1.54) is 4.31 Å². The van der Waals surface area contributed by atoms with E-state index in [9.17, 15) is 8.42 Å². The summed E-state index contributed by atoms with van der Waals surface area (Å²) in [6.07, 6.45) is 1.58. The van der Waals surface area contributed by atoms with Crippen LogP contribution in [0.5, 0.6) is 0 Å². The van der Waals surface area contributed by atoms with Gasteiger partial charge in [0.25, 0.3) is 0 Å². The summed E-state index contributed by atoms with van der Waals surface area (Å²) >= 11 is 5.74. The van der Waals surface area contributed by atoms with E-state index in [1.807, 2.05) is 19.9 Å². The Kier molecular flexibility index (Phi) is 6.12. The maximum atomic E-state index is 12.5. The van der Waals surface area contributed by atoms with E-state index >= 15 is 0 Å². The van der Waals surface area contributed by atoms with E-state index in [2.05, 4.69) is 0 Å². The van der Waals surface area contributed by atoms with Crippen molar-refractivity contribution in [3.8, 4) is 0 Å². The third-order valence-electron chi connectivity index (χ3n) is 3.00. The van der Waals surface area contributed by atoms with E-state index < -0.39 is 10.0 Å². The maximum Gasteiger partial charge on any atom is 0.243 e. The number of alkyl halides is 1. The van der Waals surface area contributed by atoms with Crippen LogP contribution in [0, 0.1) is 0 Å². The largest absolute Gasteiger partial charge is 0.243 e. The molecule has 0 aliphatic heterocycles. The Labute approximate surface area is 115 Å². The number of sulfonamides is 1. The Morgan fingerprint density at radius 1 is 1.17 bits per heavy atom. The van der Waals surface area contributed by atoms with Crippen LogP contribution in [-0.2, 0) is 10.0 Å². The molecule has 18 heavy (non-hydrogen) atoms. The zero-order valence-electron chi connectivity index (χ0n) is 10.8. The van der Waals surface area contributed by atoms with Crippen molar-refractivity contribution in [1.29, 1.82) is 0 Å². The molecule has 0 radical (unpaired) electrons. The molecule has 1 aromatic carbocycles. The van der Waals surface area contributed by atoms with Gasteiger partial charge in [0.05, 0.1) is 4.90 Å². The fraction of sp³-hybridized carbons (Fsp3) is 0.538. The second kappa shape index (κ2) is 7.12. The molecular weight excluding hydrogens is 270 g/mol. The van der Waals surface area contributed by atoms with E-state index in [1.54, 1.807) is 24.3 Å². The predicted octanol–water partition coefficient (Wildman–Crippen LogP) is 3.10. The van der Waals surface area contributed by atoms with Crippen molar-refractivity contribution < 1.29 is 8.42 Å². The molecule has 0 spiro atoms. The molecule has 5 heteroatoms. The minimum absolute atomic E-state index is 0.00829. The highest BCUT2D eigenvalue weighted by Gasteiger charge is 2.28. The Morgan fingerprint density at radius 3 is 2.17 bits per heavy atom. The lowest BCUT2D eigenvalue weighted by Gasteiger charge is -2.28. The van der Waals surface area contributed by atoms with Gasteiger partial charge < -0.3 is 0 Å². The normalized spacial score (nSPS) is 12.3. The van der Waals surface area contributed by atoms with E-state index in [0.29, 0.717) is 17.3 Å². The first-order valence-electron chi connectivity index (χ1n) is 6.20. The van der Waals surface area contributed by atoms with Crippen LogP contribution >= 0.6 is 11.6 Å². The molecule has 0 bridgehead atoms. The molecule has 0 N–H and O–H groups in total. The number of rotatable bonds is 7. The van der Waals surface area contributed by atoms with Gasteiger partial charge in [-0.15, -0.1) is 11.6 Å². The smallest absolute Gasteiger partial charge is 0.207 e. The molecule has 0 heterocycles. The van der Waals surface area contributed by atoms with Crippen LogP contribution in [-0.4, -0.2) is 31.2 Å². The Hall–Kier alpha value is -0.580. The van der Waals surface area contributed by atoms with E-state index in [4.69, 9.17) is 11.6 Å². The summed E-state index contributed by atoms with van der Waals surface area (Å²) in [5, 5.41) is 0. The number of halogens is 1. The molecule has 0 atom stereocenters. The van der Waals surface area contributed by atoms with Gasteiger partial charge >= 0.3 is 0 Å². The second-order valence-electron chi connectivity index (χ2n) is 4.09. The third-order valence-corrected chi connectivity index (χ3v) is 5.14. The maximum absolute atomic E-state index is 12.5. The Bertz CT molecular complexity index is 443. The van der Waals surface area contributed by atoms with Crippen LogP contribution in [0.1, 0.15) is 26.7 Å². The van der Waals surface area contributed by atoms with Crippen molar-refractivity contribution in [3.63, 3.8) is 0 Å². The highest BCUT2D eigenvalue weighted by molar-refractivity contribution is 7.89. The summed E-state index contributed by atoms with van der Waals surface area (Å²) in [5.41, 5.74) is 0. The zero-order chi connectivity index (χ0) is 13.6. The fourth-order valence-electron chi connectivity index (χ4n) is 2.01. The van der Waals surface area contributed by atoms with Crippen LogP contribution in [0.15, 0.2) is 35.2 Å². The molecule has 0 saturated carbocycles. The van der Waals surface area contributed by atoms with Crippen molar-refractivity contribution in [2.24, 2.45) is 0 Å². The first-order valence-corrected chi connectivity index (χ1v) is 8.18. The third kappa shape index (κ3) is 3.46. The van der Waals surface area contributed by atoms with Crippen LogP contribution in [0.4, 0.5) is 0 Å². The molecule has 0 unspecified atom stereocenters. The lowest BCUT2D eigenvalue weighted by atomic mass is 10.2. The Balaban J connectivity index is 3.12. The quantitative estimate of drug-likeness (QED) is 0.723. The van der Waals surface area contributed by atoms with Crippen molar-refractivity contribution in [2.45, 2.75) is 37.6 Å². The molecule has 0 aliphatic rings. The average Bonchev–Trinajstić information content (AvgIpc) is 2.40. The SMILES string of the molecule is CCC(CC)N(CCCl)S(=O)(=O)c1ccccc1. The molecule has 0 amide bonds. The van der Waals surface area contributed by atoms with Gasteiger partial charge in [-0.05, 0) is 25.0 Å². The second-order valence-corrected chi connectivity index (χ2v) is 6.36. The molecule has 0 fully saturated rings. The first-order chi connectivity index (χ1) is 8.57. The topological polar surface area (TPSA) is 37.4 Å². The van der Waals surface area contributed by atoms with Crippen molar-refractivity contribution in [3.05, 3.63) is 30.3 Å². The number of nitrogens with zero attached hydrogens (tertiary/aromatic N) is 1. The zero-order valence-corrected chi connectivity index (χ0v) is 12.4. The molecule has 0 aliphatic carbocycles. The molecule has 1 aromatic rings. The molecule has 1 rings (SSSR count). The summed E-state index contributed by atoms with van der Waals surface area (Å²) in [5.74, 6) is 0.308. The van der Waals surface area contributed by atoms with Gasteiger partial charge in [0.15, 0.2) is 0 Å². The summed E-state index contributed by atoms with van der Waals surface area (Å²) in [7, 11) is -3.44. The van der Waals surface area contributed by atoms with Gasteiger partial charge in [0, 0.05) is 18.5 Å². The average molecular weight is 290 g/mol. The number of hydrogen-bond acceptors (Lipinski definition) is 2. The van der Waals surface area contributed by atoms with Crippen LogP contribution in [0.3, 0.4) is 0 Å². The summed E-state index contributed by atoms with van der Waals surface area (Å²) in [6, 6.07) is 8.53. The van der Waals surface area contributed by atoms with E-state index in [0.717, 1.165) is 12.8 Å². The van der Waals surface area contributed by atoms with Gasteiger partial charge in [0.1, 0.15) is 0 Å². The monoisotopic (exact) mass is 289 g/mol. The van der Waals surface area contributed by atoms with Gasteiger partial charge in [-0.25, -0.2) is 8.42 Å². The van der Waals surface area contributed by atoms with E-state index in [-0.39, 0.29) is 6.04 Å². The number of hydrogen-bond donors (Lipinski definition) is 0. The molecule has 0 saturated heterocycles. The standard InChI is InChI=1S/C13H20ClNO2S/c1-3-12(4-2)15(11-10-14)18(16,17)13-8-6-5-7-9-13/h5-9,12H,3-4,10-11H2,1-2H3. The lowest BCUT2D eigenvalue weighted by molar-refractivity contribution is 0.316. The highest BCUT2D eigenvalue weighted by Crippen LogP contribution is 2.21. The molecule has 0 aromatic heterocycles. The number of benzene rings is 1. The van der Waals surface area contributed by atoms with Gasteiger partial charge in [-0.2, -0.15) is 4.31 Å². The van der Waals surface area contributed by atoms with Crippen molar-refractivity contribution in [2.75, 3.05) is 12.4 Å². The molecule has 102 valence electrons. The molecular formula is C13H20ClNO2S. The van der Waals surface area contributed by atoms with Crippen LogP contribution in [0.2, 0.25) is 0 Å². The van der Waals surface area contributed by atoms with Gasteiger partial charge in [-0.1, -0.05) is 32.0 Å². The van der Waals surface area contributed by atoms with Crippen LogP contribution < -0.4 is 0 Å². The predicted molar refractivity (Wildman–Crippen MR) is 75.4 cm³/mol. The Morgan fingerprint density at radius 2 is 1.72 bits per heavy atom. The van der Waals surface area contributed by atoms with Crippen molar-refractivity contribution in [1.82, 2.24) is 4.31 Å². The summed E-state index contributed by atoms with van der Waals surface area (Å²) in [6.45, 7) is 4.34. The first kappa shape index (κ1) is 15.5. The van der Waals surface area contributed by atoms with Gasteiger partial charge in [0.2, 0.25) is 10.0 Å². The minimum atomic E-state index is -3.44. The summed E-state index contributed by atoms with van der Waals surface area (Å²) in [4.78, 5) is 0.335. The van der Waals surface area contributed by atoms with Gasteiger partial charge in [-0.3, -0.25) is 0 Å². The van der Waals surface area contributed by atoms with Crippen molar-refractivity contribution >= 4 is 21.6 Å². The van der Waals surface area contributed by atoms with Crippen LogP contribution in [0.25, 0.3) is 0 Å². The highest BCUT2D eigenvalue weighted by atomic mass is 35.5. The summed E-state index contributed by atoms with van der Waals surface area (Å²) < 4.78 is 26.6. The minimum Gasteiger partial charge on any atom is -0.207 e. The molecule has 3 nitrogen and oxygen atoms in total. The lowest BCUT2D eigenvalue weighted by Crippen LogP contribution is -2.40.